The van der Waals surface area contributed by atoms with Gasteiger partial charge < -0.3 is 15.4 Å². The van der Waals surface area contributed by atoms with Crippen LogP contribution in [0.2, 0.25) is 10.0 Å². The Morgan fingerprint density at radius 2 is 1.79 bits per heavy atom. The number of rotatable bonds is 6. The van der Waals surface area contributed by atoms with E-state index in [2.05, 4.69) is 19.8 Å². The molecule has 180 valence electrons. The van der Waals surface area contributed by atoms with Crippen molar-refractivity contribution < 1.29 is 17.9 Å². The number of nitrogens with one attached hydrogen (secondary N) is 1. The van der Waals surface area contributed by atoms with E-state index in [1.54, 1.807) is 12.1 Å². The summed E-state index contributed by atoms with van der Waals surface area (Å²) in [5.41, 5.74) is 5.44. The molecular formula is C20H25Cl2N5O4S2. The van der Waals surface area contributed by atoms with Crippen LogP contribution >= 0.6 is 34.5 Å². The largest absolute Gasteiger partial charge is 0.490 e. The molecule has 2 heterocycles. The number of nitrogens with zero attached hydrogens (tertiary/aromatic N) is 3. The van der Waals surface area contributed by atoms with Crippen LogP contribution in [0.3, 0.4) is 0 Å². The number of piperidine rings is 1. The highest BCUT2D eigenvalue weighted by atomic mass is 35.5. The quantitative estimate of drug-likeness (QED) is 0.578. The predicted octanol–water partition coefficient (Wildman–Crippen LogP) is 3.33. The monoisotopic (exact) mass is 533 g/mol. The zero-order chi connectivity index (χ0) is 23.6. The van der Waals surface area contributed by atoms with Crippen molar-refractivity contribution in [3.8, 4) is 5.75 Å². The van der Waals surface area contributed by atoms with Crippen LogP contribution in [0.4, 0.5) is 5.13 Å². The maximum absolute atomic E-state index is 12.5. The number of hydrogen-bond donors (Lipinski definition) is 2. The second-order valence-corrected chi connectivity index (χ2v) is 12.0. The molecule has 1 aromatic heterocycles. The number of ether oxygens (including phenoxy) is 1. The van der Waals surface area contributed by atoms with Gasteiger partial charge in [0.05, 0.1) is 10.0 Å². The van der Waals surface area contributed by atoms with Crippen molar-refractivity contribution in [1.29, 1.82) is 0 Å². The summed E-state index contributed by atoms with van der Waals surface area (Å²) in [6.45, 7) is 1.83. The van der Waals surface area contributed by atoms with E-state index in [0.29, 0.717) is 28.9 Å². The summed E-state index contributed by atoms with van der Waals surface area (Å²) in [4.78, 5) is 15.0. The number of hydrogen-bond acceptors (Lipinski definition) is 9. The molecule has 1 aromatic carbocycles. The lowest BCUT2D eigenvalue weighted by Crippen LogP contribution is -2.46. The minimum absolute atomic E-state index is 0.0365. The van der Waals surface area contributed by atoms with Crippen LogP contribution in [-0.4, -0.2) is 54.7 Å². The van der Waals surface area contributed by atoms with Gasteiger partial charge in [0.15, 0.2) is 0 Å². The Bertz CT molecular complexity index is 1100. The van der Waals surface area contributed by atoms with Crippen LogP contribution in [0.15, 0.2) is 22.5 Å². The van der Waals surface area contributed by atoms with Gasteiger partial charge in [-0.1, -0.05) is 34.5 Å². The van der Waals surface area contributed by atoms with Crippen molar-refractivity contribution in [2.45, 2.75) is 55.0 Å². The highest BCUT2D eigenvalue weighted by Gasteiger charge is 2.34. The Morgan fingerprint density at radius 3 is 2.39 bits per heavy atom. The number of nitrogens with two attached hydrogens (primary N) is 1. The van der Waals surface area contributed by atoms with E-state index in [4.69, 9.17) is 33.7 Å². The summed E-state index contributed by atoms with van der Waals surface area (Å²) in [7, 11) is -4.03. The maximum Gasteiger partial charge on any atom is 0.293 e. The fourth-order valence-corrected chi connectivity index (χ4v) is 6.51. The van der Waals surface area contributed by atoms with Gasteiger partial charge >= 0.3 is 0 Å². The van der Waals surface area contributed by atoms with E-state index in [1.807, 2.05) is 6.07 Å². The molecule has 2 aliphatic rings. The number of benzene rings is 1. The summed E-state index contributed by atoms with van der Waals surface area (Å²) in [6, 6.07) is 5.69. The third-order valence-electron chi connectivity index (χ3n) is 6.14. The number of carbonyl (C=O) groups excluding carboxylic acids is 1. The van der Waals surface area contributed by atoms with E-state index in [0.717, 1.165) is 55.9 Å². The highest BCUT2D eigenvalue weighted by molar-refractivity contribution is 7.92. The zero-order valence-corrected chi connectivity index (χ0v) is 20.9. The van der Waals surface area contributed by atoms with Crippen LogP contribution in [0.1, 0.15) is 38.5 Å². The van der Waals surface area contributed by atoms with E-state index in [-0.39, 0.29) is 21.5 Å². The number of amides is 1. The first kappa shape index (κ1) is 24.5. The van der Waals surface area contributed by atoms with Crippen LogP contribution < -0.4 is 15.2 Å². The molecule has 2 aromatic rings. The topological polar surface area (TPSA) is 128 Å². The molecule has 2 fully saturated rings. The normalized spacial score (nSPS) is 22.7. The van der Waals surface area contributed by atoms with Gasteiger partial charge in [-0.3, -0.25) is 4.79 Å². The zero-order valence-electron chi connectivity index (χ0n) is 17.7. The first-order valence-electron chi connectivity index (χ1n) is 10.7. The summed E-state index contributed by atoms with van der Waals surface area (Å²) in [5, 5.41) is 8.02. The number of sulfonamides is 1. The molecule has 33 heavy (non-hydrogen) atoms. The summed E-state index contributed by atoms with van der Waals surface area (Å²) >= 11 is 12.8. The number of nitrogen functional groups attached to an aromatic ring is 1. The van der Waals surface area contributed by atoms with Crippen molar-refractivity contribution in [3.63, 3.8) is 0 Å². The van der Waals surface area contributed by atoms with Gasteiger partial charge in [-0.2, -0.15) is 8.42 Å². The van der Waals surface area contributed by atoms with E-state index < -0.39 is 15.9 Å². The molecule has 13 heteroatoms. The van der Waals surface area contributed by atoms with Gasteiger partial charge in [0.2, 0.25) is 11.0 Å². The molecule has 1 aliphatic heterocycles. The first-order valence-corrected chi connectivity index (χ1v) is 13.8. The molecule has 1 aliphatic carbocycles. The molecular weight excluding hydrogens is 509 g/mol. The van der Waals surface area contributed by atoms with Gasteiger partial charge in [-0.15, -0.1) is 10.2 Å². The Hall–Kier alpha value is -1.66. The van der Waals surface area contributed by atoms with Crippen LogP contribution in [0, 0.1) is 5.92 Å². The Balaban J connectivity index is 1.22. The molecule has 0 bridgehead atoms. The average molecular weight is 534 g/mol. The lowest BCUT2D eigenvalue weighted by atomic mass is 9.84. The number of carbonyl (C=O) groups is 1. The van der Waals surface area contributed by atoms with E-state index in [1.165, 1.54) is 0 Å². The summed E-state index contributed by atoms with van der Waals surface area (Å²) in [6.07, 6.45) is 4.92. The van der Waals surface area contributed by atoms with Crippen molar-refractivity contribution in [1.82, 2.24) is 19.8 Å². The average Bonchev–Trinajstić information content (AvgIpc) is 3.24. The number of aromatic nitrogens is 2. The molecule has 0 unspecified atom stereocenters. The Morgan fingerprint density at radius 1 is 1.09 bits per heavy atom. The van der Waals surface area contributed by atoms with Crippen molar-refractivity contribution in [2.75, 3.05) is 18.8 Å². The first-order chi connectivity index (χ1) is 15.7. The lowest BCUT2D eigenvalue weighted by Gasteiger charge is -2.40. The van der Waals surface area contributed by atoms with E-state index in [9.17, 15) is 13.2 Å². The fourth-order valence-electron chi connectivity index (χ4n) is 4.39. The molecule has 4 rings (SSSR count). The third kappa shape index (κ3) is 6.07. The summed E-state index contributed by atoms with van der Waals surface area (Å²) in [5.74, 6) is -0.103. The fraction of sp³-hybridized carbons (Fsp3) is 0.550. The van der Waals surface area contributed by atoms with Gasteiger partial charge in [0.1, 0.15) is 11.9 Å². The van der Waals surface area contributed by atoms with Crippen molar-refractivity contribution in [2.24, 2.45) is 5.92 Å². The number of halogens is 2. The van der Waals surface area contributed by atoms with Crippen molar-refractivity contribution in [3.05, 3.63) is 28.2 Å². The molecule has 1 saturated heterocycles. The lowest BCUT2D eigenvalue weighted by molar-refractivity contribution is -0.124. The number of likely N-dealkylation sites (tertiary alicyclic amines) is 1. The van der Waals surface area contributed by atoms with Gasteiger partial charge in [-0.05, 0) is 50.7 Å². The predicted molar refractivity (Wildman–Crippen MR) is 127 cm³/mol. The smallest absolute Gasteiger partial charge is 0.293 e. The van der Waals surface area contributed by atoms with Crippen LogP contribution in [-0.2, 0) is 14.8 Å². The van der Waals surface area contributed by atoms with Gasteiger partial charge in [0.25, 0.3) is 14.4 Å². The van der Waals surface area contributed by atoms with Gasteiger partial charge in [-0.25, -0.2) is 4.72 Å². The van der Waals surface area contributed by atoms with Gasteiger partial charge in [0, 0.05) is 31.1 Å². The third-order valence-corrected chi connectivity index (χ3v) is 9.35. The second-order valence-electron chi connectivity index (χ2n) is 8.31. The Kier molecular flexibility index (Phi) is 7.64. The standard InChI is InChI=1S/C20H25Cl2N5O4S2/c21-16-6-5-15(11-17(16)22)31-14-7-9-27(10-8-14)13-3-1-12(2-4-13)18(28)26-33(29,30)20-25-24-19(23)32-20/h5-6,11-14H,1-4,7-10H2,(H2,23,24)(H,26,28). The molecule has 0 atom stereocenters. The van der Waals surface area contributed by atoms with E-state index >= 15 is 0 Å². The Labute approximate surface area is 206 Å². The number of anilines is 1. The molecule has 0 radical (unpaired) electrons. The van der Waals surface area contributed by atoms with Crippen molar-refractivity contribution >= 4 is 55.6 Å². The van der Waals surface area contributed by atoms with Crippen LogP contribution in [0.5, 0.6) is 5.75 Å². The highest BCUT2D eigenvalue weighted by Crippen LogP contribution is 2.32. The molecule has 9 nitrogen and oxygen atoms in total. The molecule has 3 N–H and O–H groups in total. The molecule has 1 saturated carbocycles. The minimum Gasteiger partial charge on any atom is -0.490 e. The molecule has 1 amide bonds. The van der Waals surface area contributed by atoms with Crippen LogP contribution in [0.25, 0.3) is 0 Å². The minimum atomic E-state index is -4.03. The SMILES string of the molecule is Nc1nnc(S(=O)(=O)NC(=O)C2CCC(N3CCC(Oc4ccc(Cl)c(Cl)c4)CC3)CC2)s1. The maximum atomic E-state index is 12.5. The summed E-state index contributed by atoms with van der Waals surface area (Å²) < 4.78 is 32.5. The second kappa shape index (κ2) is 10.3. The molecule has 0 spiro atoms.